The van der Waals surface area contributed by atoms with Crippen molar-refractivity contribution >= 4 is 5.97 Å². The second-order valence-electron chi connectivity index (χ2n) is 2.29. The third kappa shape index (κ3) is 1.36. The zero-order chi connectivity index (χ0) is 7.56. The van der Waals surface area contributed by atoms with Crippen LogP contribution < -0.4 is 0 Å². The minimum atomic E-state index is -0.944. The zero-order valence-electron chi connectivity index (χ0n) is 5.83. The number of cyclic esters (lactones) is 1. The lowest BCUT2D eigenvalue weighted by Crippen LogP contribution is -2.25. The highest BCUT2D eigenvalue weighted by atomic mass is 16.5. The first-order valence-electron chi connectivity index (χ1n) is 3.30. The van der Waals surface area contributed by atoms with Crippen molar-refractivity contribution in [3.63, 3.8) is 0 Å². The van der Waals surface area contributed by atoms with Gasteiger partial charge in [0.25, 0.3) is 0 Å². The molecule has 10 heavy (non-hydrogen) atoms. The molecule has 0 radical (unpaired) electrons. The number of ether oxygens (including phenoxy) is 1. The molecule has 0 saturated carbocycles. The van der Waals surface area contributed by atoms with Gasteiger partial charge in [-0.2, -0.15) is 0 Å². The lowest BCUT2D eigenvalue weighted by Gasteiger charge is -2.15. The maximum atomic E-state index is 10.5. The van der Waals surface area contributed by atoms with Gasteiger partial charge in [0.15, 0.2) is 6.10 Å². The van der Waals surface area contributed by atoms with Crippen molar-refractivity contribution in [1.29, 1.82) is 0 Å². The molecule has 1 aliphatic heterocycles. The molecule has 3 nitrogen and oxygen atoms in total. The van der Waals surface area contributed by atoms with Crippen molar-refractivity contribution in [2.24, 2.45) is 0 Å². The van der Waals surface area contributed by atoms with Crippen molar-refractivity contribution in [2.45, 2.75) is 25.9 Å². The summed E-state index contributed by atoms with van der Waals surface area (Å²) in [6.07, 6.45) is 1.73. The smallest absolute Gasteiger partial charge is 0.340 e. The SMILES string of the molecule is CCC1=COC(=O)C(O)C1. The van der Waals surface area contributed by atoms with E-state index in [2.05, 4.69) is 4.74 Å². The van der Waals surface area contributed by atoms with E-state index in [0.29, 0.717) is 6.42 Å². The molecule has 0 fully saturated rings. The first-order chi connectivity index (χ1) is 4.74. The molecule has 0 bridgehead atoms. The number of rotatable bonds is 1. The van der Waals surface area contributed by atoms with E-state index in [1.54, 1.807) is 0 Å². The minimum absolute atomic E-state index is 0.426. The van der Waals surface area contributed by atoms with E-state index in [1.165, 1.54) is 6.26 Å². The lowest BCUT2D eigenvalue weighted by atomic mass is 10.1. The van der Waals surface area contributed by atoms with Gasteiger partial charge in [0, 0.05) is 6.42 Å². The first kappa shape index (κ1) is 7.28. The Labute approximate surface area is 59.3 Å². The zero-order valence-corrected chi connectivity index (χ0v) is 5.83. The van der Waals surface area contributed by atoms with Crippen LogP contribution in [0.3, 0.4) is 0 Å². The Morgan fingerprint density at radius 2 is 2.60 bits per heavy atom. The van der Waals surface area contributed by atoms with Gasteiger partial charge in [-0.05, 0) is 12.0 Å². The molecule has 1 aliphatic rings. The molecule has 0 aromatic carbocycles. The van der Waals surface area contributed by atoms with Gasteiger partial charge >= 0.3 is 5.97 Å². The molecule has 0 aromatic heterocycles. The monoisotopic (exact) mass is 142 g/mol. The van der Waals surface area contributed by atoms with E-state index in [1.807, 2.05) is 6.92 Å². The highest BCUT2D eigenvalue weighted by Crippen LogP contribution is 2.15. The molecule has 1 N–H and O–H groups in total. The van der Waals surface area contributed by atoms with Crippen LogP contribution in [0.5, 0.6) is 0 Å². The molecule has 1 atom stereocenters. The summed E-state index contributed by atoms with van der Waals surface area (Å²) in [6.45, 7) is 1.96. The summed E-state index contributed by atoms with van der Waals surface area (Å²) in [4.78, 5) is 10.5. The number of aliphatic hydroxyl groups is 1. The fourth-order valence-corrected chi connectivity index (χ4v) is 0.827. The van der Waals surface area contributed by atoms with Crippen LogP contribution in [0.1, 0.15) is 19.8 Å². The highest BCUT2D eigenvalue weighted by Gasteiger charge is 2.21. The summed E-state index contributed by atoms with van der Waals surface area (Å²) in [7, 11) is 0. The van der Waals surface area contributed by atoms with Gasteiger partial charge < -0.3 is 9.84 Å². The molecule has 1 rings (SSSR count). The van der Waals surface area contributed by atoms with Crippen molar-refractivity contribution in [3.8, 4) is 0 Å². The summed E-state index contributed by atoms with van der Waals surface area (Å²) >= 11 is 0. The van der Waals surface area contributed by atoms with Crippen LogP contribution in [0.25, 0.3) is 0 Å². The summed E-state index contributed by atoms with van der Waals surface area (Å²) in [5, 5.41) is 8.96. The second kappa shape index (κ2) is 2.84. The molecule has 0 saturated heterocycles. The van der Waals surface area contributed by atoms with E-state index in [0.717, 1.165) is 12.0 Å². The van der Waals surface area contributed by atoms with Crippen molar-refractivity contribution in [1.82, 2.24) is 0 Å². The summed E-state index contributed by atoms with van der Waals surface area (Å²) in [5.41, 5.74) is 0.979. The third-order valence-corrected chi connectivity index (χ3v) is 1.52. The van der Waals surface area contributed by atoms with Crippen LogP contribution >= 0.6 is 0 Å². The third-order valence-electron chi connectivity index (χ3n) is 1.52. The molecule has 0 spiro atoms. The van der Waals surface area contributed by atoms with Crippen LogP contribution in [0.2, 0.25) is 0 Å². The van der Waals surface area contributed by atoms with Gasteiger partial charge in [-0.1, -0.05) is 6.92 Å². The Balaban J connectivity index is 2.61. The molecule has 3 heteroatoms. The fourth-order valence-electron chi connectivity index (χ4n) is 0.827. The maximum absolute atomic E-state index is 10.5. The maximum Gasteiger partial charge on any atom is 0.340 e. The van der Waals surface area contributed by atoms with Crippen LogP contribution in [-0.4, -0.2) is 17.2 Å². The van der Waals surface area contributed by atoms with Gasteiger partial charge in [0.2, 0.25) is 0 Å². The number of aliphatic hydroxyl groups excluding tert-OH is 1. The van der Waals surface area contributed by atoms with Gasteiger partial charge in [-0.15, -0.1) is 0 Å². The van der Waals surface area contributed by atoms with Gasteiger partial charge in [0.05, 0.1) is 6.26 Å². The Hall–Kier alpha value is -0.830. The molecular formula is C7H10O3. The number of hydrogen-bond acceptors (Lipinski definition) is 3. The quantitative estimate of drug-likeness (QED) is 0.545. The molecule has 56 valence electrons. The van der Waals surface area contributed by atoms with Crippen molar-refractivity contribution in [3.05, 3.63) is 11.8 Å². The van der Waals surface area contributed by atoms with E-state index in [9.17, 15) is 4.79 Å². The number of carbonyl (C=O) groups is 1. The molecular weight excluding hydrogens is 132 g/mol. The minimum Gasteiger partial charge on any atom is -0.433 e. The highest BCUT2D eigenvalue weighted by molar-refractivity contribution is 5.76. The van der Waals surface area contributed by atoms with Gasteiger partial charge in [0.1, 0.15) is 0 Å². The molecule has 0 aliphatic carbocycles. The standard InChI is InChI=1S/C7H10O3/c1-2-5-3-6(8)7(9)10-4-5/h4,6,8H,2-3H2,1H3. The van der Waals surface area contributed by atoms with E-state index < -0.39 is 12.1 Å². The van der Waals surface area contributed by atoms with Gasteiger partial charge in [-0.3, -0.25) is 0 Å². The largest absolute Gasteiger partial charge is 0.433 e. The number of carbonyl (C=O) groups excluding carboxylic acids is 1. The normalized spacial score (nSPS) is 25.6. The Kier molecular flexibility index (Phi) is 2.06. The Morgan fingerprint density at radius 1 is 1.90 bits per heavy atom. The summed E-state index contributed by atoms with van der Waals surface area (Å²) in [6, 6.07) is 0. The lowest BCUT2D eigenvalue weighted by molar-refractivity contribution is -0.149. The first-order valence-corrected chi connectivity index (χ1v) is 3.30. The predicted octanol–water partition coefficient (Wildman–Crippen LogP) is 0.588. The Bertz CT molecular complexity index is 172. The predicted molar refractivity (Wildman–Crippen MR) is 35.1 cm³/mol. The van der Waals surface area contributed by atoms with E-state index in [4.69, 9.17) is 5.11 Å². The average molecular weight is 142 g/mol. The average Bonchev–Trinajstić information content (AvgIpc) is 1.95. The van der Waals surface area contributed by atoms with Crippen molar-refractivity contribution < 1.29 is 14.6 Å². The van der Waals surface area contributed by atoms with E-state index >= 15 is 0 Å². The van der Waals surface area contributed by atoms with Gasteiger partial charge in [-0.25, -0.2) is 4.79 Å². The fraction of sp³-hybridized carbons (Fsp3) is 0.571. The molecule has 0 amide bonds. The van der Waals surface area contributed by atoms with Crippen LogP contribution in [0, 0.1) is 0 Å². The van der Waals surface area contributed by atoms with Crippen LogP contribution in [0.4, 0.5) is 0 Å². The summed E-state index contributed by atoms with van der Waals surface area (Å²) in [5.74, 6) is -0.544. The number of esters is 1. The second-order valence-corrected chi connectivity index (χ2v) is 2.29. The van der Waals surface area contributed by atoms with Crippen molar-refractivity contribution in [2.75, 3.05) is 0 Å². The molecule has 1 heterocycles. The van der Waals surface area contributed by atoms with Crippen LogP contribution in [-0.2, 0) is 9.53 Å². The summed E-state index contributed by atoms with van der Waals surface area (Å²) < 4.78 is 4.54. The topological polar surface area (TPSA) is 46.5 Å². The van der Waals surface area contributed by atoms with E-state index in [-0.39, 0.29) is 0 Å². The van der Waals surface area contributed by atoms with Crippen LogP contribution in [0.15, 0.2) is 11.8 Å². The molecule has 1 unspecified atom stereocenters. The Morgan fingerprint density at radius 3 is 3.10 bits per heavy atom. The number of hydrogen-bond donors (Lipinski definition) is 1. The molecule has 0 aromatic rings.